The zero-order valence-corrected chi connectivity index (χ0v) is 79.4. The molecule has 24 aromatic rings. The Kier molecular flexibility index (Phi) is 27.6. The maximum absolute atomic E-state index is 12.8. The van der Waals surface area contributed by atoms with Crippen molar-refractivity contribution in [2.45, 2.75) is 37.8 Å². The second-order valence-electron chi connectivity index (χ2n) is 34.6. The number of aliphatic hydroxyl groups is 1. The van der Waals surface area contributed by atoms with Crippen molar-refractivity contribution in [3.63, 3.8) is 0 Å². The lowest BCUT2D eigenvalue weighted by atomic mass is 9.93. The summed E-state index contributed by atoms with van der Waals surface area (Å²) in [6.45, 7) is 0.139. The highest BCUT2D eigenvalue weighted by Gasteiger charge is 2.26. The molecule has 0 bridgehead atoms. The summed E-state index contributed by atoms with van der Waals surface area (Å²) in [6, 6.07) is 82.0. The second kappa shape index (κ2) is 43.4. The lowest BCUT2D eigenvalue weighted by molar-refractivity contribution is 0.0842. The molecule has 0 aliphatic heterocycles. The van der Waals surface area contributed by atoms with E-state index >= 15 is 0 Å². The molecule has 1 aliphatic rings. The Morgan fingerprint density at radius 2 is 0.797 bits per heavy atom. The van der Waals surface area contributed by atoms with Crippen LogP contribution in [0.15, 0.2) is 391 Å². The van der Waals surface area contributed by atoms with E-state index in [2.05, 4.69) is 154 Å². The fourth-order valence-electron chi connectivity index (χ4n) is 17.3. The van der Waals surface area contributed by atoms with Crippen molar-refractivity contribution in [3.8, 4) is 159 Å². The fourth-order valence-corrected chi connectivity index (χ4v) is 17.3. The van der Waals surface area contributed by atoms with Gasteiger partial charge < -0.3 is 82.8 Å². The molecule has 148 heavy (non-hydrogen) atoms. The van der Waals surface area contributed by atoms with E-state index in [9.17, 15) is 19.5 Å². The third-order valence-corrected chi connectivity index (χ3v) is 24.8. The Morgan fingerprint density at radius 3 is 1.23 bits per heavy atom. The van der Waals surface area contributed by atoms with Crippen LogP contribution >= 0.6 is 0 Å². The molecule has 726 valence electrons. The molecule has 1 fully saturated rings. The summed E-state index contributed by atoms with van der Waals surface area (Å²) in [7, 11) is 4.07. The largest absolute Gasteiger partial charge is 0.472 e. The number of fused-ring (bicyclic) bond motifs is 5. The van der Waals surface area contributed by atoms with Crippen LogP contribution in [-0.2, 0) is 0 Å². The summed E-state index contributed by atoms with van der Waals surface area (Å²) in [5.41, 5.74) is 22.3. The molecule has 7 aromatic carbocycles. The molecule has 17 aromatic heterocycles. The summed E-state index contributed by atoms with van der Waals surface area (Å²) >= 11 is 0. The fraction of sp³-hybridized carbons (Fsp3) is 0.0776. The first-order valence-corrected chi connectivity index (χ1v) is 47.3. The Morgan fingerprint density at radius 1 is 0.392 bits per heavy atom. The number of hydrogen-bond donors (Lipinski definition) is 11. The molecule has 0 saturated heterocycles. The number of aliphatic hydroxyl groups excluding tert-OH is 1. The number of pyridine rings is 6. The van der Waals surface area contributed by atoms with Crippen molar-refractivity contribution in [1.82, 2.24) is 95.8 Å². The summed E-state index contributed by atoms with van der Waals surface area (Å²) in [4.78, 5) is 90.7. The van der Waals surface area contributed by atoms with Gasteiger partial charge in [0.25, 0.3) is 17.7 Å². The number of nitrogens with zero attached hydrogens (tertiary/aromatic N) is 11. The highest BCUT2D eigenvalue weighted by molar-refractivity contribution is 6.05. The number of aromatic amines is 7. The minimum Gasteiger partial charge on any atom is -0.472 e. The number of ether oxygens (including phenoxy) is 3. The monoisotopic (exact) mass is 1950 g/mol. The first-order chi connectivity index (χ1) is 72.7. The molecular formula is C116H91N21O11. The number of para-hydroxylation sites is 6. The predicted octanol–water partition coefficient (Wildman–Crippen LogP) is 24.6. The molecule has 0 atom stereocenters. The normalized spacial score (nSPS) is 12.6. The van der Waals surface area contributed by atoms with Crippen molar-refractivity contribution in [2.24, 2.45) is 0 Å². The van der Waals surface area contributed by atoms with E-state index in [-0.39, 0.29) is 53.7 Å². The van der Waals surface area contributed by atoms with Gasteiger partial charge in [-0.15, -0.1) is 6.42 Å². The third kappa shape index (κ3) is 21.3. The van der Waals surface area contributed by atoms with Crippen molar-refractivity contribution < 1.29 is 51.4 Å². The van der Waals surface area contributed by atoms with E-state index < -0.39 is 0 Å². The van der Waals surface area contributed by atoms with Gasteiger partial charge in [0.15, 0.2) is 28.9 Å². The summed E-state index contributed by atoms with van der Waals surface area (Å²) in [6.07, 6.45) is 40.7. The minimum atomic E-state index is -0.357. The van der Waals surface area contributed by atoms with E-state index in [0.29, 0.717) is 24.4 Å². The standard InChI is InChI=1S/C30H27N3O4.C29H20N4O3.C27H19N3O3.C17H16N6.C13H9N5O/c34-22-12-10-21(11-13-22)33-30(35)28-15-20(18-36-28)26-17-32-29-25(26)14-19(16-31-29)24-8-4-5-9-27(24)37-23-6-2-1-3-7-23;34-29(33-21-7-6-12-30-16-21)27-14-20(18-35-27)25-17-32-28-24(25)13-19(15-31-28)23-10-4-5-11-26(23)36-22-8-2-1-3-9-22;1-2-12-28-27(31)25-14-19(17-32-25)23-16-30-26-22(23)13-18(15-29-26)21-10-6-7-11-24(21)33-20-8-4-3-5-9-20;1-23(2)13-5-3-11(4-6-13)12-7-14-15(17-20-10-21-22-17)9-19-16(14)18-8-12;1-2-19-6-8(1)11-5-15-13-10(11)3-9(4-14-13)12-16-7-17-18-12/h1-9,14-18,21-22,34H,10-13H2,(H,31,32)(H,33,35);1-18H,(H,31,32)(H,33,34);1,3-11,13-17H,12H2,(H,28,31)(H,29,30);3-10H,1-2H3,(H,18,19)(H,20,21,22);1-7H,(H,14,15)(H,16,17,18). The van der Waals surface area contributed by atoms with Gasteiger partial charge in [0.2, 0.25) is 0 Å². The van der Waals surface area contributed by atoms with Gasteiger partial charge in [0.05, 0.1) is 55.8 Å². The molecule has 11 N–H and O–H groups in total. The SMILES string of the molecule is C#CCNC(=O)c1cc(-c2c[nH]c3ncc(-c4ccccc4Oc4ccccc4)cc23)co1.CN(C)c1ccc(-c2cnc3[nH]cc(-c4ncn[nH]4)c3c2)cc1.O=C(NC1CCC(O)CC1)c1cc(-c2c[nH]c3ncc(-c4ccccc4Oc4ccccc4)cc23)co1.O=C(Nc1cccnc1)c1cc(-c2c[nH]c3ncc(-c4ccccc4Oc4ccccc4)cc23)co1.c1n[nH]c(-c2cnc3[nH]cc(-c4ccoc4)c3c2)n1. The van der Waals surface area contributed by atoms with Crippen LogP contribution in [0.3, 0.4) is 0 Å². The maximum atomic E-state index is 12.8. The number of furan rings is 4. The van der Waals surface area contributed by atoms with Crippen molar-refractivity contribution in [1.29, 1.82) is 0 Å². The summed E-state index contributed by atoms with van der Waals surface area (Å²) in [5.74, 6) is 8.02. The highest BCUT2D eigenvalue weighted by atomic mass is 16.5. The van der Waals surface area contributed by atoms with Gasteiger partial charge in [-0.1, -0.05) is 127 Å². The maximum Gasteiger partial charge on any atom is 0.291 e. The third-order valence-electron chi connectivity index (χ3n) is 24.8. The minimum absolute atomic E-state index is 0.0578. The number of benzene rings is 7. The Labute approximate surface area is 844 Å². The number of terminal acetylenes is 1. The number of hydrogen-bond acceptors (Lipinski definition) is 22. The number of carbonyl (C=O) groups excluding carboxylic acids is 3. The average Bonchev–Trinajstić information content (AvgIpc) is 2.12. The number of nitrogens with one attached hydrogen (secondary N) is 10. The molecule has 1 aliphatic carbocycles. The average molecular weight is 1960 g/mol. The van der Waals surface area contributed by atoms with Gasteiger partial charge in [-0.3, -0.25) is 29.6 Å². The van der Waals surface area contributed by atoms with Gasteiger partial charge >= 0.3 is 0 Å². The zero-order valence-electron chi connectivity index (χ0n) is 79.4. The molecule has 32 heteroatoms. The van der Waals surface area contributed by atoms with Crippen LogP contribution in [0.1, 0.15) is 57.3 Å². The number of carbonyl (C=O) groups is 3. The van der Waals surface area contributed by atoms with Crippen LogP contribution in [0.5, 0.6) is 34.5 Å². The summed E-state index contributed by atoms with van der Waals surface area (Å²) < 4.78 is 40.3. The smallest absolute Gasteiger partial charge is 0.291 e. The van der Waals surface area contributed by atoms with Crippen LogP contribution in [-0.4, -0.2) is 141 Å². The van der Waals surface area contributed by atoms with Crippen LogP contribution in [0.4, 0.5) is 11.4 Å². The van der Waals surface area contributed by atoms with E-state index in [0.717, 1.165) is 208 Å². The van der Waals surface area contributed by atoms with Gasteiger partial charge in [0, 0.05) is 215 Å². The van der Waals surface area contributed by atoms with E-state index in [1.807, 2.05) is 252 Å². The Bertz CT molecular complexity index is 8740. The molecule has 32 nitrogen and oxygen atoms in total. The molecule has 0 unspecified atom stereocenters. The number of amides is 3. The van der Waals surface area contributed by atoms with Crippen LogP contribution in [0.2, 0.25) is 0 Å². The van der Waals surface area contributed by atoms with Gasteiger partial charge in [-0.2, -0.15) is 10.2 Å². The van der Waals surface area contributed by atoms with Crippen molar-refractivity contribution in [3.05, 3.63) is 390 Å². The van der Waals surface area contributed by atoms with Gasteiger partial charge in [-0.05, 0) is 165 Å². The Hall–Kier alpha value is -20.3. The van der Waals surface area contributed by atoms with Crippen LogP contribution in [0.25, 0.3) is 167 Å². The lowest BCUT2D eigenvalue weighted by Gasteiger charge is -2.25. The van der Waals surface area contributed by atoms with E-state index in [1.165, 1.54) is 18.3 Å². The first-order valence-electron chi connectivity index (χ1n) is 47.3. The number of H-pyrrole nitrogens is 7. The molecule has 0 radical (unpaired) electrons. The highest BCUT2D eigenvalue weighted by Crippen LogP contribution is 2.43. The topological polar surface area (TPSA) is 430 Å². The molecule has 25 rings (SSSR count). The van der Waals surface area contributed by atoms with Crippen LogP contribution in [0, 0.1) is 12.3 Å². The van der Waals surface area contributed by atoms with Gasteiger partial charge in [0.1, 0.15) is 75.4 Å². The molecular weight excluding hydrogens is 1860 g/mol. The number of aromatic nitrogens is 17. The number of rotatable bonds is 23. The molecule has 0 spiro atoms. The van der Waals surface area contributed by atoms with E-state index in [1.54, 1.807) is 80.2 Å². The Balaban J connectivity index is 0.000000110. The first kappa shape index (κ1) is 93.9. The molecule has 3 amide bonds. The summed E-state index contributed by atoms with van der Waals surface area (Å²) in [5, 5.41) is 36.4. The van der Waals surface area contributed by atoms with E-state index in [4.69, 9.17) is 38.3 Å². The quantitative estimate of drug-likeness (QED) is 0.0265. The van der Waals surface area contributed by atoms with Crippen molar-refractivity contribution >= 4 is 84.3 Å². The van der Waals surface area contributed by atoms with Crippen LogP contribution < -0.4 is 35.1 Å². The predicted molar refractivity (Wildman–Crippen MR) is 567 cm³/mol. The zero-order chi connectivity index (χ0) is 101. The second-order valence-corrected chi connectivity index (χ2v) is 34.6. The number of anilines is 2. The van der Waals surface area contributed by atoms with Gasteiger partial charge in [-0.25, -0.2) is 34.9 Å². The lowest BCUT2D eigenvalue weighted by Crippen LogP contribution is -2.38. The molecule has 17 heterocycles. The molecule has 1 saturated carbocycles. The van der Waals surface area contributed by atoms with Crippen molar-refractivity contribution in [2.75, 3.05) is 30.9 Å².